The van der Waals surface area contributed by atoms with Gasteiger partial charge in [0.05, 0.1) is 0 Å². The van der Waals surface area contributed by atoms with Crippen LogP contribution < -0.4 is 0 Å². The Morgan fingerprint density at radius 3 is 0.270 bits per heavy atom. The molecule has 0 aliphatic heterocycles. The third-order valence-electron chi connectivity index (χ3n) is 31.6. The van der Waals surface area contributed by atoms with Crippen molar-refractivity contribution in [2.24, 2.45) is 118 Å². The number of hydrogen-bond acceptors (Lipinski definition) is 0. The van der Waals surface area contributed by atoms with Gasteiger partial charge in [-0.3, -0.25) is 0 Å². The van der Waals surface area contributed by atoms with Crippen molar-refractivity contribution >= 4 is 0 Å². The first-order chi connectivity index (χ1) is 66.0. The molecule has 0 heterocycles. The third kappa shape index (κ3) is 142. The van der Waals surface area contributed by atoms with Crippen LogP contribution in [0.15, 0.2) is 93.2 Å². The molecule has 0 bridgehead atoms. The van der Waals surface area contributed by atoms with Gasteiger partial charge >= 0.3 is 0 Å². The van der Waals surface area contributed by atoms with Crippen LogP contribution in [-0.4, -0.2) is 0 Å². The van der Waals surface area contributed by atoms with E-state index in [-0.39, 0.29) is 7.43 Å². The molecule has 0 aromatic carbocycles. The normalized spacial score (nSPS) is 15.1. The SMILES string of the molecule is C.C/C=C(\C)CCCC(C)C.C/C=C(\C)CCCC(C)CCCC(C)C.C/C=C(\C)CCCC(C)CCCC(C)C.C/C=C(\C)CCCC(C)CCCC(C)CCCC(C)C.C/C=C(\C)CCCC(C)CCCC(C)CCCC(C)C.C/C=C(\C)CCCC(C)CCCC(C)CCCC(C)CCCC(C)C.C/C=C(\C)CCCC(C)CCCC(C)CCCC(C)CCCC(C)CCCC(C)C.CC=C(C)C. The lowest BCUT2D eigenvalue weighted by molar-refractivity contribution is 0.364. The monoisotopic (exact) mass is 1980 g/mol. The Bertz CT molecular complexity index is 2610. The van der Waals surface area contributed by atoms with E-state index in [0.717, 1.165) is 118 Å². The van der Waals surface area contributed by atoms with Crippen LogP contribution in [-0.2, 0) is 0 Å². The van der Waals surface area contributed by atoms with Crippen molar-refractivity contribution in [1.82, 2.24) is 0 Å². The largest absolute Gasteiger partial charge is 0.0890 e. The lowest BCUT2D eigenvalue weighted by Gasteiger charge is -2.17. The van der Waals surface area contributed by atoms with Crippen LogP contribution in [0.2, 0.25) is 0 Å². The topological polar surface area (TPSA) is 0 Å². The molecule has 0 nitrogen and oxygen atoms in total. The van der Waals surface area contributed by atoms with Gasteiger partial charge in [0.2, 0.25) is 0 Å². The van der Waals surface area contributed by atoms with Crippen LogP contribution in [0.25, 0.3) is 0 Å². The van der Waals surface area contributed by atoms with Crippen LogP contribution in [0, 0.1) is 118 Å². The molecule has 848 valence electrons. The summed E-state index contributed by atoms with van der Waals surface area (Å²) in [5, 5.41) is 0. The molecule has 0 aliphatic carbocycles. The van der Waals surface area contributed by atoms with Crippen molar-refractivity contribution in [3.63, 3.8) is 0 Å². The van der Waals surface area contributed by atoms with Crippen LogP contribution in [0.1, 0.15) is 697 Å². The molecule has 0 fully saturated rings. The summed E-state index contributed by atoms with van der Waals surface area (Å²) in [6.45, 7) is 101. The lowest BCUT2D eigenvalue weighted by atomic mass is 9.89. The molecule has 0 rings (SSSR count). The molecule has 0 heteroatoms. The molecule has 13 unspecified atom stereocenters. The van der Waals surface area contributed by atoms with Crippen LogP contribution in [0.3, 0.4) is 0 Å². The Labute approximate surface area is 902 Å². The first-order valence-corrected chi connectivity index (χ1v) is 63.0. The lowest BCUT2D eigenvalue weighted by Crippen LogP contribution is -2.02. The number of allylic oxidation sites excluding steroid dienone is 16. The predicted molar refractivity (Wildman–Crippen MR) is 668 cm³/mol. The summed E-state index contributed by atoms with van der Waals surface area (Å²) in [5.41, 5.74) is 12.2. The van der Waals surface area contributed by atoms with Crippen molar-refractivity contribution < 1.29 is 0 Å². The number of hydrogen-bond donors (Lipinski definition) is 0. The van der Waals surface area contributed by atoms with E-state index >= 15 is 0 Å². The minimum Gasteiger partial charge on any atom is -0.0890 e. The van der Waals surface area contributed by atoms with Crippen molar-refractivity contribution in [2.75, 3.05) is 0 Å². The molecule has 0 aliphatic rings. The van der Waals surface area contributed by atoms with E-state index in [4.69, 9.17) is 0 Å². The summed E-state index contributed by atoms with van der Waals surface area (Å²) in [4.78, 5) is 0. The maximum atomic E-state index is 2.49. The fraction of sp³-hybridized carbons (Fsp3) is 0.887. The van der Waals surface area contributed by atoms with Crippen molar-refractivity contribution in [3.8, 4) is 0 Å². The molecular formula is C141H284. The average molecular weight is 1980 g/mol. The minimum atomic E-state index is 0. The molecule has 0 aromatic rings. The maximum Gasteiger partial charge on any atom is -0.0323 e. The zero-order chi connectivity index (χ0) is 108. The molecule has 0 saturated heterocycles. The Hall–Kier alpha value is -2.08. The summed E-state index contributed by atoms with van der Waals surface area (Å²) in [7, 11) is 0. The molecule has 141 heavy (non-hydrogen) atoms. The van der Waals surface area contributed by atoms with Crippen molar-refractivity contribution in [1.29, 1.82) is 0 Å². The summed E-state index contributed by atoms with van der Waals surface area (Å²) in [6, 6.07) is 0. The van der Waals surface area contributed by atoms with Gasteiger partial charge in [0.25, 0.3) is 0 Å². The van der Waals surface area contributed by atoms with Gasteiger partial charge in [-0.2, -0.15) is 0 Å². The van der Waals surface area contributed by atoms with Crippen molar-refractivity contribution in [2.45, 2.75) is 697 Å². The van der Waals surface area contributed by atoms with Gasteiger partial charge in [-0.25, -0.2) is 0 Å². The van der Waals surface area contributed by atoms with Crippen LogP contribution >= 0.6 is 0 Å². The molecule has 0 spiro atoms. The van der Waals surface area contributed by atoms with Crippen LogP contribution in [0.5, 0.6) is 0 Å². The highest BCUT2D eigenvalue weighted by molar-refractivity contribution is 4.99. The van der Waals surface area contributed by atoms with Gasteiger partial charge in [-0.15, -0.1) is 0 Å². The highest BCUT2D eigenvalue weighted by atomic mass is 14.2. The predicted octanol–water partition coefficient (Wildman–Crippen LogP) is 52.5. The summed E-state index contributed by atoms with van der Waals surface area (Å²) in [6.07, 6.45) is 102. The van der Waals surface area contributed by atoms with Crippen molar-refractivity contribution in [3.05, 3.63) is 93.2 Å². The second-order valence-electron chi connectivity index (χ2n) is 51.8. The van der Waals surface area contributed by atoms with E-state index < -0.39 is 0 Å². The minimum absolute atomic E-state index is 0. The second kappa shape index (κ2) is 115. The van der Waals surface area contributed by atoms with E-state index in [1.807, 2.05) is 6.92 Å². The number of rotatable bonds is 80. The summed E-state index contributed by atoms with van der Waals surface area (Å²) >= 11 is 0. The smallest absolute Gasteiger partial charge is 0.0323 e. The molecule has 0 aromatic heterocycles. The molecule has 0 amide bonds. The first kappa shape index (κ1) is 157. The van der Waals surface area contributed by atoms with Gasteiger partial charge in [-0.05, 0) is 326 Å². The zero-order valence-corrected chi connectivity index (χ0v) is 107. The van der Waals surface area contributed by atoms with E-state index in [9.17, 15) is 0 Å². The Morgan fingerprint density at radius 1 is 0.121 bits per heavy atom. The molecule has 13 atom stereocenters. The van der Waals surface area contributed by atoms with E-state index in [1.54, 1.807) is 33.4 Å². The molecule has 0 saturated carbocycles. The average Bonchev–Trinajstić information content (AvgIpc) is 1.01. The summed E-state index contributed by atoms with van der Waals surface area (Å²) in [5.74, 6) is 18.2. The highest BCUT2D eigenvalue weighted by Crippen LogP contribution is 2.31. The van der Waals surface area contributed by atoms with Gasteiger partial charge < -0.3 is 0 Å². The first-order valence-electron chi connectivity index (χ1n) is 63.0. The highest BCUT2D eigenvalue weighted by Gasteiger charge is 2.16. The fourth-order valence-corrected chi connectivity index (χ4v) is 19.0. The Morgan fingerprint density at radius 2 is 0.191 bits per heavy atom. The van der Waals surface area contributed by atoms with E-state index in [1.165, 1.54) is 396 Å². The second-order valence-corrected chi connectivity index (χ2v) is 51.8. The third-order valence-corrected chi connectivity index (χ3v) is 31.6. The van der Waals surface area contributed by atoms with Gasteiger partial charge in [0, 0.05) is 0 Å². The fourth-order valence-electron chi connectivity index (χ4n) is 19.0. The Balaban J connectivity index is -0.000000208. The molecular weight excluding hydrogens is 1690 g/mol. The van der Waals surface area contributed by atoms with Gasteiger partial charge in [0.1, 0.15) is 0 Å². The maximum absolute atomic E-state index is 2.49. The van der Waals surface area contributed by atoms with Gasteiger partial charge in [-0.1, -0.05) is 583 Å². The van der Waals surface area contributed by atoms with E-state index in [2.05, 4.69) is 346 Å². The quantitative estimate of drug-likeness (QED) is 0.0533. The van der Waals surface area contributed by atoms with Gasteiger partial charge in [0.15, 0.2) is 0 Å². The zero-order valence-electron chi connectivity index (χ0n) is 107. The summed E-state index contributed by atoms with van der Waals surface area (Å²) < 4.78 is 0. The molecule has 0 radical (unpaired) electrons. The standard InChI is InChI=1S/C30H60.C25H50.2C20H40.2C15H30.C10H20.C5H10.CH4/c1-9-26(4)16-11-18-28(6)20-13-22-30(8)24-14-23-29(7)21-12-19-27(5)17-10-15-25(2)3;1-8-22(4)14-10-16-24(6)18-12-20-25(7)19-11-17-23(5)15-9-13-21(2)3;2*1-7-18(4)12-9-14-20(6)16-10-15-19(5)13-8-11-17(2)3;2*1-6-14(4)10-8-12-15(5)11-7-9-13(2)3;1-5-10(4)8-6-7-9(2)3;1-4-5(2)3;/h9,25,27-30H,10-24H2,1-8H3;8,21,23-25H,9-20H2,1-7H3;2*7,17,19-20H,8-16H2,1-6H3;2*6,13,15H,7-12H2,1-5H3;5,9H,6-8H2,1-4H3;4H,1-3H3;1H4/b26-9+;22-8+;2*18-7+;2*14-6+;10-5+;;. The van der Waals surface area contributed by atoms with Crippen LogP contribution in [0.4, 0.5) is 0 Å². The molecule has 0 N–H and O–H groups in total. The Kier molecular flexibility index (Phi) is 128. The van der Waals surface area contributed by atoms with E-state index in [0.29, 0.717) is 0 Å².